The van der Waals surface area contributed by atoms with Gasteiger partial charge < -0.3 is 0 Å². The number of aryl methyl sites for hydroxylation is 1. The second-order valence-corrected chi connectivity index (χ2v) is 10.0. The molecule has 0 amide bonds. The highest BCUT2D eigenvalue weighted by Gasteiger charge is 2.30. The normalized spacial score (nSPS) is 27.4. The first kappa shape index (κ1) is 21.6. The molecule has 0 atom stereocenters. The maximum atomic E-state index is 5.99. The number of pyridine rings is 1. The fourth-order valence-electron chi connectivity index (χ4n) is 5.76. The predicted molar refractivity (Wildman–Crippen MR) is 129 cm³/mol. The van der Waals surface area contributed by atoms with Crippen LogP contribution in [0, 0.1) is 23.7 Å². The lowest BCUT2D eigenvalue weighted by atomic mass is 9.68. The van der Waals surface area contributed by atoms with Gasteiger partial charge in [-0.3, -0.25) is 4.98 Å². The molecule has 30 heavy (non-hydrogen) atoms. The molecular weight excluding hydrogens is 386 g/mol. The molecule has 0 unspecified atom stereocenters. The molecule has 2 heteroatoms. The van der Waals surface area contributed by atoms with Gasteiger partial charge in [-0.2, -0.15) is 0 Å². The van der Waals surface area contributed by atoms with Crippen molar-refractivity contribution in [2.45, 2.75) is 71.1 Å². The Kier molecular flexibility index (Phi) is 7.66. The second-order valence-electron chi connectivity index (χ2n) is 9.58. The van der Waals surface area contributed by atoms with E-state index in [4.69, 9.17) is 11.6 Å². The zero-order valence-corrected chi connectivity index (χ0v) is 19.2. The number of benzene rings is 1. The number of nitrogens with zero attached hydrogens (tertiary/aromatic N) is 1. The Labute approximate surface area is 188 Å². The van der Waals surface area contributed by atoms with Crippen molar-refractivity contribution >= 4 is 11.6 Å². The summed E-state index contributed by atoms with van der Waals surface area (Å²) in [4.78, 5) is 4.69. The summed E-state index contributed by atoms with van der Waals surface area (Å²) in [6.45, 7) is 2.16. The van der Waals surface area contributed by atoms with Crippen molar-refractivity contribution in [1.82, 2.24) is 4.98 Å². The van der Waals surface area contributed by atoms with Crippen LogP contribution in [0.25, 0.3) is 11.3 Å². The van der Waals surface area contributed by atoms with Crippen LogP contribution in [0.5, 0.6) is 0 Å². The average Bonchev–Trinajstić information content (AvgIpc) is 2.80. The van der Waals surface area contributed by atoms with Crippen molar-refractivity contribution < 1.29 is 0 Å². The van der Waals surface area contributed by atoms with Crippen LogP contribution < -0.4 is 0 Å². The van der Waals surface area contributed by atoms with Gasteiger partial charge in [-0.25, -0.2) is 0 Å². The average molecular weight is 422 g/mol. The van der Waals surface area contributed by atoms with Gasteiger partial charge in [0, 0.05) is 16.8 Å². The largest absolute Gasteiger partial charge is 0.256 e. The molecule has 2 fully saturated rings. The Morgan fingerprint density at radius 2 is 1.53 bits per heavy atom. The summed E-state index contributed by atoms with van der Waals surface area (Å²) in [7, 11) is 0. The Morgan fingerprint density at radius 3 is 2.13 bits per heavy atom. The zero-order valence-electron chi connectivity index (χ0n) is 18.4. The molecule has 1 nitrogen and oxygen atoms in total. The van der Waals surface area contributed by atoms with Gasteiger partial charge in [0.25, 0.3) is 0 Å². The monoisotopic (exact) mass is 421 g/mol. The molecule has 160 valence electrons. The van der Waals surface area contributed by atoms with E-state index in [9.17, 15) is 0 Å². The maximum absolute atomic E-state index is 5.99. The van der Waals surface area contributed by atoms with Crippen molar-refractivity contribution in [3.63, 3.8) is 0 Å². The Morgan fingerprint density at radius 1 is 0.867 bits per heavy atom. The number of halogens is 1. The lowest BCUT2D eigenvalue weighted by Gasteiger charge is -2.37. The van der Waals surface area contributed by atoms with Crippen LogP contribution >= 0.6 is 11.6 Å². The zero-order chi connectivity index (χ0) is 20.8. The predicted octanol–water partition coefficient (Wildman–Crippen LogP) is 8.52. The van der Waals surface area contributed by atoms with E-state index < -0.39 is 0 Å². The first-order chi connectivity index (χ1) is 14.7. The fourth-order valence-corrected chi connectivity index (χ4v) is 5.89. The van der Waals surface area contributed by atoms with E-state index in [0.717, 1.165) is 46.4 Å². The molecule has 2 aromatic rings. The fraction of sp³-hybridized carbons (Fsp3) is 0.536. The number of rotatable bonds is 6. The summed E-state index contributed by atoms with van der Waals surface area (Å²) >= 11 is 5.99. The van der Waals surface area contributed by atoms with Gasteiger partial charge in [-0.05, 0) is 106 Å². The molecule has 1 heterocycles. The highest BCUT2D eigenvalue weighted by Crippen LogP contribution is 2.42. The van der Waals surface area contributed by atoms with Crippen molar-refractivity contribution in [2.24, 2.45) is 23.7 Å². The van der Waals surface area contributed by atoms with Crippen LogP contribution in [-0.4, -0.2) is 4.98 Å². The third-order valence-corrected chi connectivity index (χ3v) is 7.90. The summed E-state index contributed by atoms with van der Waals surface area (Å²) in [5, 5.41) is 0.770. The lowest BCUT2D eigenvalue weighted by molar-refractivity contribution is 0.152. The molecule has 0 N–H and O–H groups in total. The van der Waals surface area contributed by atoms with Gasteiger partial charge in [0.15, 0.2) is 0 Å². The summed E-state index contributed by atoms with van der Waals surface area (Å²) in [6, 6.07) is 12.3. The highest BCUT2D eigenvalue weighted by molar-refractivity contribution is 6.30. The van der Waals surface area contributed by atoms with Gasteiger partial charge >= 0.3 is 0 Å². The summed E-state index contributed by atoms with van der Waals surface area (Å²) in [5.41, 5.74) is 3.53. The molecule has 0 radical (unpaired) electrons. The van der Waals surface area contributed by atoms with Crippen LogP contribution in [0.15, 0.2) is 54.7 Å². The number of hydrogen-bond acceptors (Lipinski definition) is 1. The molecule has 0 saturated heterocycles. The van der Waals surface area contributed by atoms with Gasteiger partial charge in [0.2, 0.25) is 0 Å². The second kappa shape index (κ2) is 10.6. The minimum absolute atomic E-state index is 0.770. The van der Waals surface area contributed by atoms with E-state index in [2.05, 4.69) is 42.4 Å². The van der Waals surface area contributed by atoms with E-state index >= 15 is 0 Å². The molecule has 0 bridgehead atoms. The van der Waals surface area contributed by atoms with Crippen LogP contribution in [0.4, 0.5) is 0 Å². The van der Waals surface area contributed by atoms with E-state index in [0.29, 0.717) is 0 Å². The molecule has 1 aromatic heterocycles. The quantitative estimate of drug-likeness (QED) is 0.426. The van der Waals surface area contributed by atoms with Crippen LogP contribution in [0.1, 0.15) is 70.3 Å². The molecular formula is C28H36ClN. The Balaban J connectivity index is 1.20. The molecule has 0 spiro atoms. The first-order valence-electron chi connectivity index (χ1n) is 12.0. The van der Waals surface area contributed by atoms with Crippen LogP contribution in [0.3, 0.4) is 0 Å². The van der Waals surface area contributed by atoms with E-state index in [1.165, 1.54) is 63.4 Å². The smallest absolute Gasteiger partial charge is 0.0702 e. The standard InChI is InChI=1S/C28H36ClN/c1-2-3-21-6-11-24(12-7-21)25-13-8-22(9-14-25)4-5-23-10-19-28(30-20-23)26-15-17-27(29)18-16-26/h2-3,10,15-22,24-25H,4-9,11-14H2,1H3/b3-2+. The number of allylic oxidation sites excluding steroid dienone is 2. The Hall–Kier alpha value is -1.60. The van der Waals surface area contributed by atoms with E-state index in [1.807, 2.05) is 24.3 Å². The minimum Gasteiger partial charge on any atom is -0.256 e. The molecule has 4 rings (SSSR count). The summed E-state index contributed by atoms with van der Waals surface area (Å²) in [6.07, 6.45) is 20.8. The first-order valence-corrected chi connectivity index (χ1v) is 12.4. The third kappa shape index (κ3) is 5.76. The third-order valence-electron chi connectivity index (χ3n) is 7.65. The van der Waals surface area contributed by atoms with E-state index in [1.54, 1.807) is 0 Å². The van der Waals surface area contributed by atoms with Crippen molar-refractivity contribution in [2.75, 3.05) is 0 Å². The molecule has 1 aromatic carbocycles. The van der Waals surface area contributed by atoms with E-state index in [-0.39, 0.29) is 0 Å². The molecule has 2 aliphatic carbocycles. The van der Waals surface area contributed by atoms with Crippen molar-refractivity contribution in [3.8, 4) is 11.3 Å². The van der Waals surface area contributed by atoms with Crippen molar-refractivity contribution in [3.05, 3.63) is 65.3 Å². The molecule has 2 aliphatic rings. The lowest BCUT2D eigenvalue weighted by Crippen LogP contribution is -2.25. The summed E-state index contributed by atoms with van der Waals surface area (Å²) < 4.78 is 0. The van der Waals surface area contributed by atoms with Crippen LogP contribution in [0.2, 0.25) is 5.02 Å². The minimum atomic E-state index is 0.770. The van der Waals surface area contributed by atoms with Gasteiger partial charge in [0.05, 0.1) is 5.69 Å². The highest BCUT2D eigenvalue weighted by atomic mass is 35.5. The number of hydrogen-bond donors (Lipinski definition) is 0. The van der Waals surface area contributed by atoms with Crippen LogP contribution in [-0.2, 0) is 6.42 Å². The Bertz CT molecular complexity index is 792. The van der Waals surface area contributed by atoms with Gasteiger partial charge in [-0.15, -0.1) is 0 Å². The molecule has 0 aliphatic heterocycles. The number of aromatic nitrogens is 1. The summed E-state index contributed by atoms with van der Waals surface area (Å²) in [5.74, 6) is 3.80. The molecule has 2 saturated carbocycles. The SMILES string of the molecule is C/C=C/C1CCC(C2CCC(CCc3ccc(-c4ccc(Cl)cc4)nc3)CC2)CC1. The maximum Gasteiger partial charge on any atom is 0.0702 e. The van der Waals surface area contributed by atoms with Crippen molar-refractivity contribution in [1.29, 1.82) is 0 Å². The van der Waals surface area contributed by atoms with Gasteiger partial charge in [-0.1, -0.05) is 54.8 Å². The van der Waals surface area contributed by atoms with Gasteiger partial charge in [0.1, 0.15) is 0 Å². The topological polar surface area (TPSA) is 12.9 Å².